The van der Waals surface area contributed by atoms with Gasteiger partial charge in [-0.25, -0.2) is 0 Å². The van der Waals surface area contributed by atoms with Crippen molar-refractivity contribution in [2.75, 3.05) is 0 Å². The molecule has 0 spiro atoms. The molecule has 78 valence electrons. The second-order valence-electron chi connectivity index (χ2n) is 2.90. The summed E-state index contributed by atoms with van der Waals surface area (Å²) in [6.45, 7) is 16.1. The Balaban J connectivity index is 0.000000791. The molecule has 1 heteroatoms. The van der Waals surface area contributed by atoms with Crippen molar-refractivity contribution in [2.24, 2.45) is 0 Å². The predicted octanol–water partition coefficient (Wildman–Crippen LogP) is 5.23. The summed E-state index contributed by atoms with van der Waals surface area (Å²) in [6.07, 6.45) is 1.01. The average molecular weight is 208 g/mol. The lowest BCUT2D eigenvalue weighted by molar-refractivity contribution is 1.25. The molecule has 0 aliphatic heterocycles. The summed E-state index contributed by atoms with van der Waals surface area (Å²) in [5.74, 6) is 0. The summed E-state index contributed by atoms with van der Waals surface area (Å²) in [7, 11) is 0. The van der Waals surface area contributed by atoms with Gasteiger partial charge in [0.2, 0.25) is 0 Å². The molecule has 0 nitrogen and oxygen atoms in total. The molecule has 0 atom stereocenters. The topological polar surface area (TPSA) is 0 Å². The van der Waals surface area contributed by atoms with Gasteiger partial charge in [-0.05, 0) is 41.5 Å². The zero-order valence-electron chi connectivity index (χ0n) is 9.68. The van der Waals surface area contributed by atoms with Crippen LogP contribution in [0, 0.1) is 0 Å². The minimum Gasteiger partial charge on any atom is -0.144 e. The highest BCUT2D eigenvalue weighted by molar-refractivity contribution is 7.11. The molecule has 0 amide bonds. The summed E-state index contributed by atoms with van der Waals surface area (Å²) < 4.78 is 0. The van der Waals surface area contributed by atoms with Crippen molar-refractivity contribution in [3.63, 3.8) is 0 Å². The highest BCUT2D eigenvalue weighted by Gasteiger charge is 2.05. The van der Waals surface area contributed by atoms with Crippen LogP contribution in [0.5, 0.6) is 0 Å². The predicted molar refractivity (Wildman–Crippen MR) is 69.7 cm³/mol. The molecule has 0 saturated carbocycles. The molecule has 0 aromatic carbocycles. The third kappa shape index (κ3) is 3.15. The summed E-state index contributed by atoms with van der Waals surface area (Å²) in [6, 6.07) is 2.11. The SMILES string of the molecule is C=C(C)c1ccsc1C(=C)CC.CC. The lowest BCUT2D eigenvalue weighted by Gasteiger charge is -2.03. The molecule has 0 bridgehead atoms. The van der Waals surface area contributed by atoms with Crippen LogP contribution < -0.4 is 0 Å². The lowest BCUT2D eigenvalue weighted by atomic mass is 10.1. The maximum atomic E-state index is 4.03. The molecule has 0 radical (unpaired) electrons. The van der Waals surface area contributed by atoms with Gasteiger partial charge in [-0.1, -0.05) is 33.9 Å². The van der Waals surface area contributed by atoms with E-state index in [9.17, 15) is 0 Å². The molecule has 0 unspecified atom stereocenters. The number of hydrogen-bond donors (Lipinski definition) is 0. The molecule has 0 aliphatic carbocycles. The third-order valence-corrected chi connectivity index (χ3v) is 2.89. The molecule has 0 saturated heterocycles. The van der Waals surface area contributed by atoms with E-state index in [1.165, 1.54) is 16.0 Å². The van der Waals surface area contributed by atoms with Crippen LogP contribution in [0.3, 0.4) is 0 Å². The zero-order chi connectivity index (χ0) is 11.1. The second kappa shape index (κ2) is 6.61. The summed E-state index contributed by atoms with van der Waals surface area (Å²) in [5.41, 5.74) is 3.59. The van der Waals surface area contributed by atoms with Crippen molar-refractivity contribution in [2.45, 2.75) is 34.1 Å². The quantitative estimate of drug-likeness (QED) is 0.638. The van der Waals surface area contributed by atoms with Gasteiger partial charge in [-0.3, -0.25) is 0 Å². The van der Waals surface area contributed by atoms with Gasteiger partial charge in [0.15, 0.2) is 0 Å². The van der Waals surface area contributed by atoms with E-state index in [4.69, 9.17) is 0 Å². The van der Waals surface area contributed by atoms with Gasteiger partial charge in [0.1, 0.15) is 0 Å². The normalized spacial score (nSPS) is 8.86. The van der Waals surface area contributed by atoms with Crippen LogP contribution in [-0.4, -0.2) is 0 Å². The molecule has 1 heterocycles. The van der Waals surface area contributed by atoms with Gasteiger partial charge in [0.25, 0.3) is 0 Å². The molecule has 0 N–H and O–H groups in total. The van der Waals surface area contributed by atoms with E-state index in [0.717, 1.165) is 12.0 Å². The maximum absolute atomic E-state index is 4.03. The van der Waals surface area contributed by atoms with Gasteiger partial charge >= 0.3 is 0 Å². The van der Waals surface area contributed by atoms with Crippen LogP contribution in [0.1, 0.15) is 44.6 Å². The molecular weight excluding hydrogens is 188 g/mol. The second-order valence-corrected chi connectivity index (χ2v) is 3.82. The Morgan fingerprint density at radius 1 is 1.36 bits per heavy atom. The number of hydrogen-bond acceptors (Lipinski definition) is 1. The molecule has 1 rings (SSSR count). The van der Waals surface area contributed by atoms with Crippen LogP contribution in [0.4, 0.5) is 0 Å². The first-order valence-corrected chi connectivity index (χ1v) is 5.96. The number of thiophene rings is 1. The molecule has 14 heavy (non-hydrogen) atoms. The van der Waals surface area contributed by atoms with E-state index in [2.05, 4.69) is 31.5 Å². The fourth-order valence-corrected chi connectivity index (χ4v) is 2.10. The monoisotopic (exact) mass is 208 g/mol. The summed E-state index contributed by atoms with van der Waals surface area (Å²) >= 11 is 1.75. The highest BCUT2D eigenvalue weighted by Crippen LogP contribution is 2.30. The summed E-state index contributed by atoms with van der Waals surface area (Å²) in [4.78, 5) is 1.30. The largest absolute Gasteiger partial charge is 0.144 e. The van der Waals surface area contributed by atoms with E-state index >= 15 is 0 Å². The number of rotatable bonds is 3. The van der Waals surface area contributed by atoms with Gasteiger partial charge in [0, 0.05) is 4.88 Å². The van der Waals surface area contributed by atoms with Crippen LogP contribution in [-0.2, 0) is 0 Å². The fraction of sp³-hybridized carbons (Fsp3) is 0.385. The van der Waals surface area contributed by atoms with Crippen molar-refractivity contribution < 1.29 is 0 Å². The first-order valence-electron chi connectivity index (χ1n) is 5.08. The molecule has 0 fully saturated rings. The average Bonchev–Trinajstić information content (AvgIpc) is 2.68. The van der Waals surface area contributed by atoms with Gasteiger partial charge in [-0.15, -0.1) is 11.3 Å². The Bertz CT molecular complexity index is 305. The van der Waals surface area contributed by atoms with Crippen molar-refractivity contribution in [1.82, 2.24) is 0 Å². The van der Waals surface area contributed by atoms with E-state index < -0.39 is 0 Å². The molecular formula is C13H20S. The first-order chi connectivity index (χ1) is 6.66. The van der Waals surface area contributed by atoms with E-state index in [0.29, 0.717) is 0 Å². The molecule has 1 aromatic heterocycles. The standard InChI is InChI=1S/C11H14S.C2H6/c1-5-9(4)11-10(8(2)3)6-7-12-11;1-2/h6-7H,2,4-5H2,1,3H3;1-2H3. The minimum absolute atomic E-state index is 1.01. The number of allylic oxidation sites excluding steroid dienone is 2. The fourth-order valence-electron chi connectivity index (χ4n) is 1.08. The lowest BCUT2D eigenvalue weighted by Crippen LogP contribution is -1.81. The van der Waals surface area contributed by atoms with Crippen molar-refractivity contribution >= 4 is 22.5 Å². The maximum Gasteiger partial charge on any atom is 0.0371 e. The molecule has 1 aromatic rings. The summed E-state index contributed by atoms with van der Waals surface area (Å²) in [5, 5.41) is 2.10. The van der Waals surface area contributed by atoms with Gasteiger partial charge in [0.05, 0.1) is 0 Å². The first kappa shape index (κ1) is 13.2. The Labute approximate surface area is 92.0 Å². The third-order valence-electron chi connectivity index (χ3n) is 1.87. The smallest absolute Gasteiger partial charge is 0.0371 e. The van der Waals surface area contributed by atoms with Gasteiger partial charge in [-0.2, -0.15) is 0 Å². The van der Waals surface area contributed by atoms with Crippen molar-refractivity contribution in [3.05, 3.63) is 35.0 Å². The van der Waals surface area contributed by atoms with E-state index in [1.807, 2.05) is 20.8 Å². The van der Waals surface area contributed by atoms with Crippen LogP contribution in [0.2, 0.25) is 0 Å². The van der Waals surface area contributed by atoms with Crippen molar-refractivity contribution in [1.29, 1.82) is 0 Å². The minimum atomic E-state index is 1.01. The van der Waals surface area contributed by atoms with E-state index in [1.54, 1.807) is 11.3 Å². The van der Waals surface area contributed by atoms with Crippen LogP contribution in [0.15, 0.2) is 24.6 Å². The van der Waals surface area contributed by atoms with Crippen LogP contribution in [0.25, 0.3) is 11.1 Å². The van der Waals surface area contributed by atoms with Crippen molar-refractivity contribution in [3.8, 4) is 0 Å². The Hall–Kier alpha value is -0.820. The Kier molecular flexibility index (Phi) is 6.22. The van der Waals surface area contributed by atoms with E-state index in [-0.39, 0.29) is 0 Å². The van der Waals surface area contributed by atoms with Crippen LogP contribution >= 0.6 is 11.3 Å². The Morgan fingerprint density at radius 2 is 1.93 bits per heavy atom. The zero-order valence-corrected chi connectivity index (χ0v) is 10.5. The highest BCUT2D eigenvalue weighted by atomic mass is 32.1. The Morgan fingerprint density at radius 3 is 2.36 bits per heavy atom. The molecule has 0 aliphatic rings. The van der Waals surface area contributed by atoms with Gasteiger partial charge < -0.3 is 0 Å².